The van der Waals surface area contributed by atoms with Gasteiger partial charge in [-0.25, -0.2) is 0 Å². The second-order valence-corrected chi connectivity index (χ2v) is 7.38. The van der Waals surface area contributed by atoms with Crippen molar-refractivity contribution in [3.63, 3.8) is 0 Å². The third-order valence-electron chi connectivity index (χ3n) is 4.91. The Bertz CT molecular complexity index is 967. The van der Waals surface area contributed by atoms with E-state index in [1.165, 1.54) is 42.0 Å². The first-order valence-electron chi connectivity index (χ1n) is 7.82. The molecule has 138 valence electrons. The predicted octanol–water partition coefficient (Wildman–Crippen LogP) is 2.50. The topological polar surface area (TPSA) is 121 Å². The van der Waals surface area contributed by atoms with Gasteiger partial charge in [-0.2, -0.15) is 0 Å². The van der Waals surface area contributed by atoms with Crippen molar-refractivity contribution >= 4 is 23.0 Å². The summed E-state index contributed by atoms with van der Waals surface area (Å²) in [4.78, 5) is 23.3. The van der Waals surface area contributed by atoms with E-state index in [1.807, 2.05) is 0 Å². The molecule has 2 aromatic rings. The van der Waals surface area contributed by atoms with Gasteiger partial charge in [0.15, 0.2) is 0 Å². The minimum Gasteiger partial charge on any atom is -0.484 e. The van der Waals surface area contributed by atoms with Crippen LogP contribution in [0.25, 0.3) is 0 Å². The first-order chi connectivity index (χ1) is 12.0. The lowest BCUT2D eigenvalue weighted by molar-refractivity contribution is -0.385. The highest BCUT2D eigenvalue weighted by molar-refractivity contribution is 6.30. The normalized spacial score (nSPS) is 23.8. The summed E-state index contributed by atoms with van der Waals surface area (Å²) in [6, 6.07) is 4.37. The Morgan fingerprint density at radius 1 is 1.35 bits per heavy atom. The Balaban J connectivity index is 2.37. The summed E-state index contributed by atoms with van der Waals surface area (Å²) in [7, 11) is 0. The highest BCUT2D eigenvalue weighted by Crippen LogP contribution is 2.48. The molecule has 0 bridgehead atoms. The van der Waals surface area contributed by atoms with Crippen molar-refractivity contribution in [1.82, 2.24) is 4.57 Å². The van der Waals surface area contributed by atoms with Gasteiger partial charge in [0.1, 0.15) is 22.0 Å². The number of anilines is 1. The van der Waals surface area contributed by atoms with Crippen molar-refractivity contribution in [2.24, 2.45) is 0 Å². The molecule has 0 saturated heterocycles. The minimum absolute atomic E-state index is 0.114. The molecule has 0 radical (unpaired) electrons. The molecule has 1 aromatic heterocycles. The number of hydrogen-bond donors (Lipinski definition) is 2. The summed E-state index contributed by atoms with van der Waals surface area (Å²) < 4.78 is 7.07. The summed E-state index contributed by atoms with van der Waals surface area (Å²) in [6.45, 7) is 4.84. The molecule has 26 heavy (non-hydrogen) atoms. The number of rotatable bonds is 2. The lowest BCUT2D eigenvalue weighted by Gasteiger charge is -2.49. The number of benzene rings is 1. The van der Waals surface area contributed by atoms with Gasteiger partial charge in [-0.15, -0.1) is 0 Å². The third-order valence-corrected chi connectivity index (χ3v) is 5.18. The fraction of sp³-hybridized carbons (Fsp3) is 0.353. The van der Waals surface area contributed by atoms with Gasteiger partial charge in [0.2, 0.25) is 0 Å². The standard InChI is InChI=1S/C17H18ClN3O5/c1-16(2)17(3,23)14(20-8-9(19)6-12(18)15(20)22)11-7-10(21(24)25)4-5-13(11)26-16/h4-8,14,23H,19H2,1-3H3. The SMILES string of the molecule is CC1(C)Oc2ccc([N+](=O)[O-])cc2C(n2cc(N)cc(Cl)c2=O)C1(C)O. The number of ether oxygens (including phenoxy) is 1. The largest absolute Gasteiger partial charge is 0.484 e. The zero-order valence-corrected chi connectivity index (χ0v) is 15.1. The smallest absolute Gasteiger partial charge is 0.270 e. The lowest BCUT2D eigenvalue weighted by Crippen LogP contribution is -2.60. The average Bonchev–Trinajstić information content (AvgIpc) is 2.51. The van der Waals surface area contributed by atoms with E-state index in [1.54, 1.807) is 13.8 Å². The van der Waals surface area contributed by atoms with Crippen LogP contribution in [0.5, 0.6) is 5.75 Å². The molecule has 1 aromatic carbocycles. The molecule has 2 unspecified atom stereocenters. The number of aromatic nitrogens is 1. The van der Waals surface area contributed by atoms with Crippen molar-refractivity contribution in [1.29, 1.82) is 0 Å². The number of nitro benzene ring substituents is 1. The number of nitrogens with two attached hydrogens (primary N) is 1. The number of pyridine rings is 1. The van der Waals surface area contributed by atoms with Gasteiger partial charge in [0.05, 0.1) is 11.0 Å². The van der Waals surface area contributed by atoms with Crippen LogP contribution in [0, 0.1) is 10.1 Å². The maximum Gasteiger partial charge on any atom is 0.270 e. The van der Waals surface area contributed by atoms with Gasteiger partial charge in [-0.3, -0.25) is 14.9 Å². The molecule has 9 heteroatoms. The zero-order valence-electron chi connectivity index (χ0n) is 14.4. The number of non-ortho nitro benzene ring substituents is 1. The van der Waals surface area contributed by atoms with E-state index in [0.717, 1.165) is 0 Å². The maximum absolute atomic E-state index is 12.6. The summed E-state index contributed by atoms with van der Waals surface area (Å²) in [5.74, 6) is 0.336. The summed E-state index contributed by atoms with van der Waals surface area (Å²) in [6.07, 6.45) is 1.36. The molecule has 3 N–H and O–H groups in total. The summed E-state index contributed by atoms with van der Waals surface area (Å²) >= 11 is 5.98. The van der Waals surface area contributed by atoms with E-state index in [9.17, 15) is 20.0 Å². The predicted molar refractivity (Wildman–Crippen MR) is 96.7 cm³/mol. The van der Waals surface area contributed by atoms with Crippen LogP contribution in [0.2, 0.25) is 5.02 Å². The van der Waals surface area contributed by atoms with Gasteiger partial charge in [0.25, 0.3) is 11.2 Å². The van der Waals surface area contributed by atoms with Gasteiger partial charge in [0, 0.05) is 29.6 Å². The molecule has 0 aliphatic carbocycles. The molecule has 0 amide bonds. The van der Waals surface area contributed by atoms with Crippen LogP contribution >= 0.6 is 11.6 Å². The number of nitrogens with zero attached hydrogens (tertiary/aromatic N) is 2. The molecule has 0 saturated carbocycles. The van der Waals surface area contributed by atoms with Crippen molar-refractivity contribution in [3.05, 3.63) is 61.5 Å². The molecule has 8 nitrogen and oxygen atoms in total. The Morgan fingerprint density at radius 2 is 2.00 bits per heavy atom. The third kappa shape index (κ3) is 2.62. The zero-order chi connectivity index (χ0) is 19.4. The van der Waals surface area contributed by atoms with Crippen LogP contribution in [0.1, 0.15) is 32.4 Å². The Labute approximate surface area is 153 Å². The minimum atomic E-state index is -1.60. The maximum atomic E-state index is 12.6. The van der Waals surface area contributed by atoms with Gasteiger partial charge in [-0.05, 0) is 32.9 Å². The van der Waals surface area contributed by atoms with Crippen molar-refractivity contribution in [3.8, 4) is 5.75 Å². The second kappa shape index (κ2) is 5.72. The van der Waals surface area contributed by atoms with Gasteiger partial charge in [-0.1, -0.05) is 11.6 Å². The summed E-state index contributed by atoms with van der Waals surface area (Å²) in [5, 5.41) is 22.3. The van der Waals surface area contributed by atoms with Crippen LogP contribution in [-0.4, -0.2) is 25.8 Å². The number of nitrogen functional groups attached to an aromatic ring is 1. The monoisotopic (exact) mass is 379 g/mol. The van der Waals surface area contributed by atoms with Crippen LogP contribution < -0.4 is 16.0 Å². The lowest BCUT2D eigenvalue weighted by atomic mass is 9.75. The van der Waals surface area contributed by atoms with Crippen molar-refractivity contribution in [2.45, 2.75) is 38.0 Å². The average molecular weight is 380 g/mol. The van der Waals surface area contributed by atoms with E-state index >= 15 is 0 Å². The quantitative estimate of drug-likeness (QED) is 0.610. The number of hydrogen-bond acceptors (Lipinski definition) is 6. The van der Waals surface area contributed by atoms with Crippen LogP contribution in [0.4, 0.5) is 11.4 Å². The Hall–Kier alpha value is -2.58. The Kier molecular flexibility index (Phi) is 4.01. The molecule has 1 aliphatic rings. The number of aliphatic hydroxyl groups is 1. The molecular weight excluding hydrogens is 362 g/mol. The molecule has 0 spiro atoms. The molecule has 2 heterocycles. The van der Waals surface area contributed by atoms with Gasteiger partial charge < -0.3 is 20.1 Å². The van der Waals surface area contributed by atoms with Gasteiger partial charge >= 0.3 is 0 Å². The van der Waals surface area contributed by atoms with E-state index < -0.39 is 27.7 Å². The van der Waals surface area contributed by atoms with Crippen molar-refractivity contribution in [2.75, 3.05) is 5.73 Å². The molecule has 0 fully saturated rings. The highest BCUT2D eigenvalue weighted by Gasteiger charge is 2.54. The van der Waals surface area contributed by atoms with Crippen LogP contribution in [0.15, 0.2) is 35.3 Å². The van der Waals surface area contributed by atoms with Crippen LogP contribution in [0.3, 0.4) is 0 Å². The molecule has 3 rings (SSSR count). The van der Waals surface area contributed by atoms with E-state index in [4.69, 9.17) is 22.1 Å². The first-order valence-corrected chi connectivity index (χ1v) is 8.20. The molecule has 2 atom stereocenters. The van der Waals surface area contributed by atoms with Crippen LogP contribution in [-0.2, 0) is 0 Å². The summed E-state index contributed by atoms with van der Waals surface area (Å²) in [5.41, 5.74) is 2.89. The van der Waals surface area contributed by atoms with E-state index in [-0.39, 0.29) is 16.4 Å². The second-order valence-electron chi connectivity index (χ2n) is 6.98. The highest BCUT2D eigenvalue weighted by atomic mass is 35.5. The fourth-order valence-corrected chi connectivity index (χ4v) is 3.39. The molecular formula is C17H18ClN3O5. The van der Waals surface area contributed by atoms with Crippen molar-refractivity contribution < 1.29 is 14.8 Å². The first kappa shape index (κ1) is 18.2. The number of fused-ring (bicyclic) bond motifs is 1. The Morgan fingerprint density at radius 3 is 2.62 bits per heavy atom. The number of halogens is 1. The van der Waals surface area contributed by atoms with E-state index in [2.05, 4.69) is 0 Å². The fourth-order valence-electron chi connectivity index (χ4n) is 3.17. The van der Waals surface area contributed by atoms with E-state index in [0.29, 0.717) is 11.3 Å². The number of nitro groups is 1. The molecule has 1 aliphatic heterocycles.